The third kappa shape index (κ3) is 5.91. The van der Waals surface area contributed by atoms with Crippen LogP contribution in [0.25, 0.3) is 0 Å². The van der Waals surface area contributed by atoms with Crippen LogP contribution in [0.4, 0.5) is 0 Å². The zero-order chi connectivity index (χ0) is 15.8. The minimum atomic E-state index is -0.457. The van der Waals surface area contributed by atoms with Crippen molar-refractivity contribution in [3.8, 4) is 5.75 Å². The molecule has 1 saturated carbocycles. The van der Waals surface area contributed by atoms with Crippen molar-refractivity contribution >= 4 is 17.7 Å². The van der Waals surface area contributed by atoms with E-state index < -0.39 is 6.10 Å². The molecule has 0 heterocycles. The van der Waals surface area contributed by atoms with Crippen molar-refractivity contribution in [2.75, 3.05) is 12.3 Å². The van der Waals surface area contributed by atoms with E-state index in [2.05, 4.69) is 5.32 Å². The molecule has 0 saturated heterocycles. The summed E-state index contributed by atoms with van der Waals surface area (Å²) in [5, 5.41) is 3.77. The molecule has 0 radical (unpaired) electrons. The maximum absolute atomic E-state index is 12.0. The lowest BCUT2D eigenvalue weighted by Gasteiger charge is -2.21. The Morgan fingerprint density at radius 1 is 1.36 bits per heavy atom. The Kier molecular flexibility index (Phi) is 7.10. The normalized spacial score (nSPS) is 17.0. The van der Waals surface area contributed by atoms with E-state index in [-0.39, 0.29) is 5.91 Å². The zero-order valence-corrected chi connectivity index (χ0v) is 14.5. The number of thioether (sulfide) groups is 1. The quantitative estimate of drug-likeness (QED) is 0.773. The fraction of sp³-hybridized carbons (Fsp3) is 0.611. The van der Waals surface area contributed by atoms with Gasteiger partial charge in [-0.25, -0.2) is 0 Å². The fourth-order valence-electron chi connectivity index (χ4n) is 2.72. The van der Waals surface area contributed by atoms with Gasteiger partial charge in [-0.05, 0) is 44.4 Å². The number of amides is 1. The second kappa shape index (κ2) is 9.09. The van der Waals surface area contributed by atoms with E-state index in [0.717, 1.165) is 28.9 Å². The van der Waals surface area contributed by atoms with E-state index in [1.54, 1.807) is 6.92 Å². The molecule has 0 aliphatic heterocycles. The van der Waals surface area contributed by atoms with Crippen molar-refractivity contribution in [3.63, 3.8) is 0 Å². The number of hydrogen-bond acceptors (Lipinski definition) is 3. The van der Waals surface area contributed by atoms with Crippen LogP contribution in [0.15, 0.2) is 24.3 Å². The van der Waals surface area contributed by atoms with Gasteiger partial charge in [0.1, 0.15) is 5.75 Å². The van der Waals surface area contributed by atoms with Crippen molar-refractivity contribution in [2.45, 2.75) is 57.3 Å². The van der Waals surface area contributed by atoms with Gasteiger partial charge < -0.3 is 10.1 Å². The lowest BCUT2D eigenvalue weighted by Crippen LogP contribution is -2.37. The molecule has 1 N–H and O–H groups in total. The smallest absolute Gasteiger partial charge is 0.260 e. The van der Waals surface area contributed by atoms with E-state index in [1.165, 1.54) is 32.1 Å². The van der Waals surface area contributed by atoms with E-state index in [4.69, 9.17) is 4.74 Å². The zero-order valence-electron chi connectivity index (χ0n) is 13.6. The topological polar surface area (TPSA) is 38.3 Å². The maximum Gasteiger partial charge on any atom is 0.260 e. The molecular formula is C18H27NO2S. The molecule has 1 aliphatic carbocycles. The molecule has 4 heteroatoms. The van der Waals surface area contributed by atoms with Gasteiger partial charge in [0.25, 0.3) is 5.91 Å². The number of benzene rings is 1. The Morgan fingerprint density at radius 3 is 2.86 bits per heavy atom. The highest BCUT2D eigenvalue weighted by Gasteiger charge is 2.16. The molecule has 1 fully saturated rings. The predicted molar refractivity (Wildman–Crippen MR) is 93.6 cm³/mol. The summed E-state index contributed by atoms with van der Waals surface area (Å²) >= 11 is 2.00. The summed E-state index contributed by atoms with van der Waals surface area (Å²) in [6, 6.07) is 7.79. The van der Waals surface area contributed by atoms with Crippen LogP contribution in [0.2, 0.25) is 0 Å². The van der Waals surface area contributed by atoms with E-state index >= 15 is 0 Å². The van der Waals surface area contributed by atoms with Crippen LogP contribution in [-0.4, -0.2) is 29.6 Å². The van der Waals surface area contributed by atoms with Gasteiger partial charge in [-0.1, -0.05) is 31.4 Å². The van der Waals surface area contributed by atoms with Crippen molar-refractivity contribution in [1.29, 1.82) is 0 Å². The van der Waals surface area contributed by atoms with Crippen LogP contribution in [0.3, 0.4) is 0 Å². The van der Waals surface area contributed by atoms with Gasteiger partial charge in [0.05, 0.1) is 0 Å². The average molecular weight is 321 g/mol. The molecule has 3 nitrogen and oxygen atoms in total. The highest BCUT2D eigenvalue weighted by molar-refractivity contribution is 7.99. The van der Waals surface area contributed by atoms with Crippen LogP contribution >= 0.6 is 11.8 Å². The third-order valence-electron chi connectivity index (χ3n) is 3.98. The molecule has 1 aromatic rings. The monoisotopic (exact) mass is 321 g/mol. The second-order valence-electron chi connectivity index (χ2n) is 6.00. The Bertz CT molecular complexity index is 472. The predicted octanol–water partition coefficient (Wildman–Crippen LogP) is 3.94. The number of aryl methyl sites for hydroxylation is 1. The first-order valence-corrected chi connectivity index (χ1v) is 9.32. The third-order valence-corrected chi connectivity index (χ3v) is 5.36. The largest absolute Gasteiger partial charge is 0.481 e. The standard InChI is InChI=1S/C18H27NO2S/c1-14-7-6-8-16(13-14)21-15(2)18(20)19-11-12-22-17-9-4-3-5-10-17/h6-8,13,15,17H,3-5,9-12H2,1-2H3,(H,19,20)/t15-/m1/s1. The Morgan fingerprint density at radius 2 is 2.14 bits per heavy atom. The molecule has 2 rings (SSSR count). The molecule has 0 aromatic heterocycles. The summed E-state index contributed by atoms with van der Waals surface area (Å²) in [5.74, 6) is 1.71. The van der Waals surface area contributed by atoms with Gasteiger partial charge in [-0.3, -0.25) is 4.79 Å². The van der Waals surface area contributed by atoms with Crippen LogP contribution in [0.5, 0.6) is 5.75 Å². The van der Waals surface area contributed by atoms with Crippen LogP contribution in [0, 0.1) is 6.92 Å². The summed E-state index contributed by atoms with van der Waals surface area (Å²) in [4.78, 5) is 12.0. The summed E-state index contributed by atoms with van der Waals surface area (Å²) in [5.41, 5.74) is 1.13. The van der Waals surface area contributed by atoms with Gasteiger partial charge in [0.15, 0.2) is 6.10 Å². The Labute approximate surface area is 138 Å². The molecule has 0 unspecified atom stereocenters. The first kappa shape index (κ1) is 17.2. The minimum Gasteiger partial charge on any atom is -0.481 e. The Balaban J connectivity index is 1.63. The van der Waals surface area contributed by atoms with Crippen LogP contribution < -0.4 is 10.1 Å². The van der Waals surface area contributed by atoms with Gasteiger partial charge in [-0.2, -0.15) is 11.8 Å². The van der Waals surface area contributed by atoms with E-state index in [0.29, 0.717) is 0 Å². The molecule has 0 bridgehead atoms. The van der Waals surface area contributed by atoms with Gasteiger partial charge >= 0.3 is 0 Å². The number of carbonyl (C=O) groups is 1. The van der Waals surface area contributed by atoms with Crippen LogP contribution in [-0.2, 0) is 4.79 Å². The molecule has 1 amide bonds. The summed E-state index contributed by atoms with van der Waals surface area (Å²) < 4.78 is 5.69. The molecular weight excluding hydrogens is 294 g/mol. The lowest BCUT2D eigenvalue weighted by molar-refractivity contribution is -0.127. The van der Waals surface area contributed by atoms with Crippen molar-refractivity contribution in [3.05, 3.63) is 29.8 Å². The molecule has 1 aromatic carbocycles. The lowest BCUT2D eigenvalue weighted by atomic mass is 10.0. The fourth-order valence-corrected chi connectivity index (χ4v) is 3.94. The number of ether oxygens (including phenoxy) is 1. The van der Waals surface area contributed by atoms with E-state index in [9.17, 15) is 4.79 Å². The maximum atomic E-state index is 12.0. The first-order valence-electron chi connectivity index (χ1n) is 8.28. The molecule has 22 heavy (non-hydrogen) atoms. The molecule has 122 valence electrons. The number of hydrogen-bond donors (Lipinski definition) is 1. The second-order valence-corrected chi connectivity index (χ2v) is 7.41. The van der Waals surface area contributed by atoms with Gasteiger partial charge in [-0.15, -0.1) is 0 Å². The average Bonchev–Trinajstić information content (AvgIpc) is 2.52. The van der Waals surface area contributed by atoms with Crippen molar-refractivity contribution < 1.29 is 9.53 Å². The summed E-state index contributed by atoms with van der Waals surface area (Å²) in [6.07, 6.45) is 6.34. The summed E-state index contributed by atoms with van der Waals surface area (Å²) in [6.45, 7) is 4.54. The first-order chi connectivity index (χ1) is 10.6. The minimum absolute atomic E-state index is 0.0363. The van der Waals surface area contributed by atoms with E-state index in [1.807, 2.05) is 43.0 Å². The molecule has 1 aliphatic rings. The SMILES string of the molecule is Cc1cccc(O[C@H](C)C(=O)NCCSC2CCCCC2)c1. The highest BCUT2D eigenvalue weighted by Crippen LogP contribution is 2.27. The highest BCUT2D eigenvalue weighted by atomic mass is 32.2. The molecule has 1 atom stereocenters. The number of carbonyl (C=O) groups excluding carboxylic acids is 1. The van der Waals surface area contributed by atoms with Crippen molar-refractivity contribution in [1.82, 2.24) is 5.32 Å². The summed E-state index contributed by atoms with van der Waals surface area (Å²) in [7, 11) is 0. The van der Waals surface area contributed by atoms with Crippen LogP contribution in [0.1, 0.15) is 44.6 Å². The van der Waals surface area contributed by atoms with Crippen molar-refractivity contribution in [2.24, 2.45) is 0 Å². The Hall–Kier alpha value is -1.16. The van der Waals surface area contributed by atoms with Gasteiger partial charge in [0.2, 0.25) is 0 Å². The molecule has 0 spiro atoms. The van der Waals surface area contributed by atoms with Gasteiger partial charge in [0, 0.05) is 17.5 Å². The number of nitrogens with one attached hydrogen (secondary N) is 1. The number of rotatable bonds is 7.